The summed E-state index contributed by atoms with van der Waals surface area (Å²) < 4.78 is 35.3. The van der Waals surface area contributed by atoms with Crippen LogP contribution in [-0.4, -0.2) is 53.0 Å². The van der Waals surface area contributed by atoms with E-state index in [1.807, 2.05) is 0 Å². The molecule has 2 amide bonds. The number of rotatable bonds is 6. The molecule has 1 aliphatic heterocycles. The summed E-state index contributed by atoms with van der Waals surface area (Å²) in [5.41, 5.74) is -0.415. The zero-order chi connectivity index (χ0) is 18.8. The second-order valence-electron chi connectivity index (χ2n) is 6.37. The molecule has 8 nitrogen and oxygen atoms in total. The minimum Gasteiger partial charge on any atom is -0.354 e. The molecule has 1 aromatic carbocycles. The first-order valence-corrected chi connectivity index (χ1v) is 9.24. The number of carbonyl (C=O) groups is 2. The molecule has 1 N–H and O–H groups in total. The maximum Gasteiger partial charge on any atom is 0.251 e. The molecule has 0 aliphatic carbocycles. The lowest BCUT2D eigenvalue weighted by Crippen LogP contribution is -2.34. The molecule has 0 aromatic heterocycles. The molecule has 0 unspecified atom stereocenters. The fourth-order valence-corrected chi connectivity index (χ4v) is 4.66. The van der Waals surface area contributed by atoms with E-state index < -0.39 is 27.6 Å². The fraction of sp³-hybridized carbons (Fsp3) is 0.500. The van der Waals surface area contributed by atoms with Gasteiger partial charge in [0.25, 0.3) is 5.91 Å². The second-order valence-corrected chi connectivity index (χ2v) is 8.19. The minimum atomic E-state index is -3.71. The molecule has 25 heavy (non-hydrogen) atoms. The Hall–Kier alpha value is -1.97. The summed E-state index contributed by atoms with van der Waals surface area (Å²) in [6.07, 6.45) is -0.558. The molecule has 1 saturated heterocycles. The first kappa shape index (κ1) is 19.4. The van der Waals surface area contributed by atoms with E-state index in [9.17, 15) is 18.0 Å². The van der Waals surface area contributed by atoms with Gasteiger partial charge in [-0.15, -0.1) is 0 Å². The lowest BCUT2D eigenvalue weighted by Gasteiger charge is -2.18. The Kier molecular flexibility index (Phi) is 5.50. The Labute approximate surface area is 147 Å². The van der Waals surface area contributed by atoms with Crippen molar-refractivity contribution < 1.29 is 27.5 Å². The summed E-state index contributed by atoms with van der Waals surface area (Å²) >= 11 is 0. The van der Waals surface area contributed by atoms with Crippen LogP contribution in [0, 0.1) is 5.41 Å². The van der Waals surface area contributed by atoms with Crippen LogP contribution in [0.3, 0.4) is 0 Å². The number of sulfonamides is 1. The SMILES string of the molecule is COC(CNC(=O)c1ccc(N2C(=O)C(C)(C)CS2(=O)=O)cc1)OC. The Balaban J connectivity index is 2.15. The van der Waals surface area contributed by atoms with Gasteiger partial charge in [0, 0.05) is 19.8 Å². The summed E-state index contributed by atoms with van der Waals surface area (Å²) in [5, 5.41) is 2.64. The van der Waals surface area contributed by atoms with Crippen molar-refractivity contribution in [1.82, 2.24) is 5.32 Å². The molecule has 0 atom stereocenters. The van der Waals surface area contributed by atoms with Crippen LogP contribution >= 0.6 is 0 Å². The molecular formula is C16H22N2O6S. The molecular weight excluding hydrogens is 348 g/mol. The van der Waals surface area contributed by atoms with Crippen molar-refractivity contribution in [3.05, 3.63) is 29.8 Å². The number of hydrogen-bond donors (Lipinski definition) is 1. The molecule has 0 saturated carbocycles. The highest BCUT2D eigenvalue weighted by Gasteiger charge is 2.49. The summed E-state index contributed by atoms with van der Waals surface area (Å²) in [5.74, 6) is -1.08. The average Bonchev–Trinajstić information content (AvgIpc) is 2.71. The number of anilines is 1. The van der Waals surface area contributed by atoms with Gasteiger partial charge in [-0.25, -0.2) is 12.7 Å². The van der Waals surface area contributed by atoms with Gasteiger partial charge >= 0.3 is 0 Å². The van der Waals surface area contributed by atoms with Crippen LogP contribution in [0.15, 0.2) is 24.3 Å². The maximum absolute atomic E-state index is 12.3. The standard InChI is InChI=1S/C16H22N2O6S/c1-16(2)10-25(21,22)18(15(16)20)12-7-5-11(6-8-12)14(19)17-9-13(23-3)24-4/h5-8,13H,9-10H2,1-4H3,(H,17,19). The van der Waals surface area contributed by atoms with E-state index in [1.54, 1.807) is 13.8 Å². The zero-order valence-electron chi connectivity index (χ0n) is 14.6. The summed E-state index contributed by atoms with van der Waals surface area (Å²) in [4.78, 5) is 24.4. The topological polar surface area (TPSA) is 102 Å². The van der Waals surface area contributed by atoms with Crippen LogP contribution in [0.4, 0.5) is 5.69 Å². The second kappa shape index (κ2) is 7.11. The van der Waals surface area contributed by atoms with E-state index in [4.69, 9.17) is 9.47 Å². The van der Waals surface area contributed by atoms with E-state index in [1.165, 1.54) is 38.5 Å². The molecule has 1 aliphatic rings. The number of ether oxygens (including phenoxy) is 2. The first-order valence-electron chi connectivity index (χ1n) is 7.63. The quantitative estimate of drug-likeness (QED) is 0.741. The lowest BCUT2D eigenvalue weighted by atomic mass is 9.95. The molecule has 0 bridgehead atoms. The number of amides is 2. The summed E-state index contributed by atoms with van der Waals surface area (Å²) in [7, 11) is -0.783. The molecule has 0 spiro atoms. The molecule has 1 aromatic rings. The highest BCUT2D eigenvalue weighted by atomic mass is 32.2. The van der Waals surface area contributed by atoms with Crippen molar-refractivity contribution in [3.8, 4) is 0 Å². The lowest BCUT2D eigenvalue weighted by molar-refractivity contribution is -0.123. The normalized spacial score (nSPS) is 18.6. The highest BCUT2D eigenvalue weighted by Crippen LogP contribution is 2.35. The Morgan fingerprint density at radius 1 is 1.24 bits per heavy atom. The number of hydrogen-bond acceptors (Lipinski definition) is 6. The third-order valence-electron chi connectivity index (χ3n) is 3.90. The number of nitrogens with zero attached hydrogens (tertiary/aromatic N) is 1. The van der Waals surface area contributed by atoms with Gasteiger partial charge < -0.3 is 14.8 Å². The predicted molar refractivity (Wildman–Crippen MR) is 91.6 cm³/mol. The maximum atomic E-state index is 12.3. The van der Waals surface area contributed by atoms with Crippen molar-refractivity contribution in [3.63, 3.8) is 0 Å². The van der Waals surface area contributed by atoms with Crippen LogP contribution in [0.5, 0.6) is 0 Å². The largest absolute Gasteiger partial charge is 0.354 e. The zero-order valence-corrected chi connectivity index (χ0v) is 15.4. The third kappa shape index (κ3) is 4.00. The molecule has 2 rings (SSSR count). The molecule has 1 fully saturated rings. The van der Waals surface area contributed by atoms with Crippen LogP contribution in [0.1, 0.15) is 24.2 Å². The van der Waals surface area contributed by atoms with Gasteiger partial charge in [-0.2, -0.15) is 0 Å². The summed E-state index contributed by atoms with van der Waals surface area (Å²) in [6.45, 7) is 3.36. The van der Waals surface area contributed by atoms with Gasteiger partial charge in [-0.05, 0) is 38.1 Å². The Morgan fingerprint density at radius 2 is 1.80 bits per heavy atom. The monoisotopic (exact) mass is 370 g/mol. The van der Waals surface area contributed by atoms with Gasteiger partial charge in [-0.1, -0.05) is 0 Å². The van der Waals surface area contributed by atoms with E-state index in [2.05, 4.69) is 5.32 Å². The average molecular weight is 370 g/mol. The Morgan fingerprint density at radius 3 is 2.24 bits per heavy atom. The van der Waals surface area contributed by atoms with Gasteiger partial charge in [0.2, 0.25) is 15.9 Å². The number of benzene rings is 1. The smallest absolute Gasteiger partial charge is 0.251 e. The number of carbonyl (C=O) groups excluding carboxylic acids is 2. The molecule has 1 heterocycles. The van der Waals surface area contributed by atoms with Crippen LogP contribution in [0.25, 0.3) is 0 Å². The third-order valence-corrected chi connectivity index (χ3v) is 5.92. The fourth-order valence-electron chi connectivity index (χ4n) is 2.55. The van der Waals surface area contributed by atoms with Crippen molar-refractivity contribution in [2.45, 2.75) is 20.1 Å². The van der Waals surface area contributed by atoms with E-state index in [-0.39, 0.29) is 23.9 Å². The van der Waals surface area contributed by atoms with Crippen LogP contribution in [0.2, 0.25) is 0 Å². The minimum absolute atomic E-state index is 0.167. The van der Waals surface area contributed by atoms with Gasteiger partial charge in [0.15, 0.2) is 6.29 Å². The predicted octanol–water partition coefficient (Wildman–Crippen LogP) is 0.738. The van der Waals surface area contributed by atoms with E-state index >= 15 is 0 Å². The van der Waals surface area contributed by atoms with Gasteiger partial charge in [0.1, 0.15) is 0 Å². The van der Waals surface area contributed by atoms with Crippen molar-refractivity contribution in [2.24, 2.45) is 5.41 Å². The number of nitrogens with one attached hydrogen (secondary N) is 1. The van der Waals surface area contributed by atoms with E-state index in [0.717, 1.165) is 4.31 Å². The summed E-state index contributed by atoms with van der Waals surface area (Å²) in [6, 6.07) is 5.81. The van der Waals surface area contributed by atoms with Gasteiger partial charge in [0.05, 0.1) is 23.4 Å². The molecule has 138 valence electrons. The van der Waals surface area contributed by atoms with Crippen molar-refractivity contribution >= 4 is 27.5 Å². The Bertz CT molecular complexity index is 753. The highest BCUT2D eigenvalue weighted by molar-refractivity contribution is 7.94. The van der Waals surface area contributed by atoms with Crippen molar-refractivity contribution in [1.29, 1.82) is 0 Å². The van der Waals surface area contributed by atoms with Crippen LogP contribution in [-0.2, 0) is 24.3 Å². The molecule has 9 heteroatoms. The van der Waals surface area contributed by atoms with E-state index in [0.29, 0.717) is 5.56 Å². The van der Waals surface area contributed by atoms with Gasteiger partial charge in [-0.3, -0.25) is 9.59 Å². The first-order chi connectivity index (χ1) is 11.6. The van der Waals surface area contributed by atoms with Crippen LogP contribution < -0.4 is 9.62 Å². The number of methoxy groups -OCH3 is 2. The molecule has 0 radical (unpaired) electrons. The van der Waals surface area contributed by atoms with Crippen molar-refractivity contribution in [2.75, 3.05) is 30.8 Å².